The number of anilines is 1. The SMILES string of the molecule is CCc1nc2c(C)cc(C)nc2n1Cc1ccc(N(CC2CC2)C(C(=O)O)c2ccccc2)cc1. The molecule has 0 radical (unpaired) electrons. The van der Waals surface area contributed by atoms with Crippen molar-refractivity contribution >= 4 is 22.8 Å². The third kappa shape index (κ3) is 4.78. The van der Waals surface area contributed by atoms with Gasteiger partial charge in [-0.2, -0.15) is 0 Å². The average molecular weight is 469 g/mol. The van der Waals surface area contributed by atoms with Gasteiger partial charge in [0.15, 0.2) is 11.7 Å². The number of aromatic nitrogens is 3. The summed E-state index contributed by atoms with van der Waals surface area (Å²) in [6.45, 7) is 7.65. The van der Waals surface area contributed by atoms with E-state index in [0.717, 1.165) is 70.9 Å². The van der Waals surface area contributed by atoms with E-state index in [1.807, 2.05) is 37.3 Å². The third-order valence-electron chi connectivity index (χ3n) is 6.84. The maximum Gasteiger partial charge on any atom is 0.331 e. The molecule has 35 heavy (non-hydrogen) atoms. The zero-order valence-corrected chi connectivity index (χ0v) is 20.6. The lowest BCUT2D eigenvalue weighted by Gasteiger charge is -2.31. The molecule has 1 aliphatic carbocycles. The summed E-state index contributed by atoms with van der Waals surface area (Å²) in [5.41, 5.74) is 6.91. The Morgan fingerprint density at radius 1 is 1.09 bits per heavy atom. The first-order valence-electron chi connectivity index (χ1n) is 12.4. The summed E-state index contributed by atoms with van der Waals surface area (Å²) in [7, 11) is 0. The maximum atomic E-state index is 12.4. The summed E-state index contributed by atoms with van der Waals surface area (Å²) >= 11 is 0. The van der Waals surface area contributed by atoms with Crippen LogP contribution in [0.2, 0.25) is 0 Å². The molecular weight excluding hydrogens is 436 g/mol. The number of carbonyl (C=O) groups is 1. The minimum Gasteiger partial charge on any atom is -0.479 e. The molecule has 0 bridgehead atoms. The van der Waals surface area contributed by atoms with Crippen LogP contribution in [0, 0.1) is 19.8 Å². The minimum atomic E-state index is -0.824. The van der Waals surface area contributed by atoms with Crippen molar-refractivity contribution in [3.63, 3.8) is 0 Å². The molecule has 4 aromatic rings. The molecule has 2 heterocycles. The molecule has 1 unspecified atom stereocenters. The highest BCUT2D eigenvalue weighted by atomic mass is 16.4. The predicted octanol–water partition coefficient (Wildman–Crippen LogP) is 5.70. The number of aryl methyl sites for hydroxylation is 3. The van der Waals surface area contributed by atoms with Gasteiger partial charge in [0.05, 0.1) is 6.54 Å². The summed E-state index contributed by atoms with van der Waals surface area (Å²) < 4.78 is 2.20. The maximum absolute atomic E-state index is 12.4. The normalized spacial score (nSPS) is 14.3. The second kappa shape index (κ2) is 9.53. The fraction of sp³-hybridized carbons (Fsp3) is 0.345. The van der Waals surface area contributed by atoms with Crippen LogP contribution < -0.4 is 4.90 Å². The van der Waals surface area contributed by atoms with Crippen LogP contribution >= 0.6 is 0 Å². The number of fused-ring (bicyclic) bond motifs is 1. The summed E-state index contributed by atoms with van der Waals surface area (Å²) in [4.78, 5) is 24.1. The van der Waals surface area contributed by atoms with E-state index in [1.165, 1.54) is 0 Å². The second-order valence-electron chi connectivity index (χ2n) is 9.63. The van der Waals surface area contributed by atoms with Crippen molar-refractivity contribution in [1.29, 1.82) is 0 Å². The van der Waals surface area contributed by atoms with Crippen LogP contribution in [0.15, 0.2) is 60.7 Å². The van der Waals surface area contributed by atoms with Crippen molar-refractivity contribution in [2.75, 3.05) is 11.4 Å². The molecule has 0 amide bonds. The Labute approximate surface area is 206 Å². The van der Waals surface area contributed by atoms with Gasteiger partial charge >= 0.3 is 5.97 Å². The van der Waals surface area contributed by atoms with Crippen LogP contribution in [0.4, 0.5) is 5.69 Å². The number of nitrogens with zero attached hydrogens (tertiary/aromatic N) is 4. The monoisotopic (exact) mass is 468 g/mol. The van der Waals surface area contributed by atoms with Gasteiger partial charge in [0.1, 0.15) is 11.3 Å². The van der Waals surface area contributed by atoms with Crippen LogP contribution in [0.1, 0.15) is 54.0 Å². The molecule has 6 heteroatoms. The first-order chi connectivity index (χ1) is 16.9. The van der Waals surface area contributed by atoms with E-state index in [0.29, 0.717) is 12.5 Å². The van der Waals surface area contributed by atoms with Crippen molar-refractivity contribution in [2.24, 2.45) is 5.92 Å². The fourth-order valence-corrected chi connectivity index (χ4v) is 4.89. The van der Waals surface area contributed by atoms with Crippen LogP contribution in [0.3, 0.4) is 0 Å². The molecule has 2 aromatic carbocycles. The Balaban J connectivity index is 1.47. The summed E-state index contributed by atoms with van der Waals surface area (Å²) in [5.74, 6) is 0.757. The van der Waals surface area contributed by atoms with E-state index in [4.69, 9.17) is 9.97 Å². The van der Waals surface area contributed by atoms with Crippen molar-refractivity contribution < 1.29 is 9.90 Å². The Hall–Kier alpha value is -3.67. The molecule has 1 saturated carbocycles. The largest absolute Gasteiger partial charge is 0.479 e. The summed E-state index contributed by atoms with van der Waals surface area (Å²) in [6, 6.07) is 19.2. The van der Waals surface area contributed by atoms with Crippen molar-refractivity contribution in [2.45, 2.75) is 52.6 Å². The molecule has 180 valence electrons. The van der Waals surface area contributed by atoms with Gasteiger partial charge in [-0.05, 0) is 67.5 Å². The molecule has 6 nitrogen and oxygen atoms in total. The minimum absolute atomic E-state index is 0.558. The molecule has 1 fully saturated rings. The average Bonchev–Trinajstić information content (AvgIpc) is 3.60. The zero-order valence-electron chi connectivity index (χ0n) is 20.6. The third-order valence-corrected chi connectivity index (χ3v) is 6.84. The number of hydrogen-bond acceptors (Lipinski definition) is 4. The van der Waals surface area contributed by atoms with E-state index in [-0.39, 0.29) is 0 Å². The lowest BCUT2D eigenvalue weighted by molar-refractivity contribution is -0.138. The first kappa shape index (κ1) is 23.1. The van der Waals surface area contributed by atoms with Gasteiger partial charge in [-0.1, -0.05) is 49.4 Å². The number of pyridine rings is 1. The summed E-state index contributed by atoms with van der Waals surface area (Å²) in [5, 5.41) is 10.2. The molecule has 1 aliphatic rings. The van der Waals surface area contributed by atoms with Crippen molar-refractivity contribution in [3.05, 3.63) is 88.9 Å². The van der Waals surface area contributed by atoms with E-state index in [9.17, 15) is 9.90 Å². The number of rotatable bonds is 9. The van der Waals surface area contributed by atoms with Crippen LogP contribution in [0.5, 0.6) is 0 Å². The Morgan fingerprint density at radius 3 is 2.43 bits per heavy atom. The van der Waals surface area contributed by atoms with Gasteiger partial charge in [-0.3, -0.25) is 0 Å². The Bertz CT molecular complexity index is 1340. The molecule has 0 saturated heterocycles. The molecule has 0 spiro atoms. The van der Waals surface area contributed by atoms with E-state index >= 15 is 0 Å². The number of benzene rings is 2. The lowest BCUT2D eigenvalue weighted by atomic mass is 10.0. The Kier molecular flexibility index (Phi) is 6.29. The van der Waals surface area contributed by atoms with Gasteiger partial charge in [-0.25, -0.2) is 14.8 Å². The van der Waals surface area contributed by atoms with Crippen LogP contribution in [-0.4, -0.2) is 32.2 Å². The van der Waals surface area contributed by atoms with Gasteiger partial charge in [0.2, 0.25) is 0 Å². The predicted molar refractivity (Wildman–Crippen MR) is 139 cm³/mol. The van der Waals surface area contributed by atoms with Gasteiger partial charge < -0.3 is 14.6 Å². The quantitative estimate of drug-likeness (QED) is 0.341. The fourth-order valence-electron chi connectivity index (χ4n) is 4.89. The number of carboxylic acid groups (broad SMARTS) is 1. The smallest absolute Gasteiger partial charge is 0.331 e. The molecule has 1 atom stereocenters. The number of imidazole rings is 1. The molecular formula is C29H32N4O2. The highest BCUT2D eigenvalue weighted by molar-refractivity contribution is 5.80. The molecule has 0 aliphatic heterocycles. The number of aliphatic carboxylic acids is 1. The lowest BCUT2D eigenvalue weighted by Crippen LogP contribution is -2.35. The van der Waals surface area contributed by atoms with Crippen LogP contribution in [-0.2, 0) is 17.8 Å². The van der Waals surface area contributed by atoms with E-state index in [2.05, 4.69) is 53.6 Å². The molecule has 1 N–H and O–H groups in total. The number of hydrogen-bond donors (Lipinski definition) is 1. The topological polar surface area (TPSA) is 71.2 Å². The first-order valence-corrected chi connectivity index (χ1v) is 12.4. The molecule has 2 aromatic heterocycles. The Morgan fingerprint density at radius 2 is 1.80 bits per heavy atom. The van der Waals surface area contributed by atoms with Crippen LogP contribution in [0.25, 0.3) is 11.2 Å². The highest BCUT2D eigenvalue weighted by Crippen LogP contribution is 2.36. The van der Waals surface area contributed by atoms with E-state index < -0.39 is 12.0 Å². The molecule has 5 rings (SSSR count). The van der Waals surface area contributed by atoms with Gasteiger partial charge in [-0.15, -0.1) is 0 Å². The van der Waals surface area contributed by atoms with E-state index in [1.54, 1.807) is 0 Å². The zero-order chi connectivity index (χ0) is 24.5. The van der Waals surface area contributed by atoms with Crippen molar-refractivity contribution in [1.82, 2.24) is 14.5 Å². The van der Waals surface area contributed by atoms with Crippen molar-refractivity contribution in [3.8, 4) is 0 Å². The summed E-state index contributed by atoms with van der Waals surface area (Å²) in [6.07, 6.45) is 3.16. The van der Waals surface area contributed by atoms with Gasteiger partial charge in [0, 0.05) is 24.3 Å². The number of carboxylic acids is 1. The van der Waals surface area contributed by atoms with Gasteiger partial charge in [0.25, 0.3) is 0 Å². The second-order valence-corrected chi connectivity index (χ2v) is 9.63. The standard InChI is InChI=1S/C29H32N4O2/c1-4-25-31-26-19(2)16-20(3)30-28(26)33(25)18-22-12-14-24(15-13-22)32(17-21-10-11-21)27(29(34)35)23-8-6-5-7-9-23/h5-9,12-16,21,27H,4,10-11,17-18H2,1-3H3,(H,34,35). The highest BCUT2D eigenvalue weighted by Gasteiger charge is 2.33.